The van der Waals surface area contributed by atoms with Gasteiger partial charge in [0.25, 0.3) is 0 Å². The Hall–Kier alpha value is -0.900. The number of nitrogens with one attached hydrogen (secondary N) is 2. The average molecular weight is 474 g/mol. The zero-order valence-electron chi connectivity index (χ0n) is 15.5. The molecule has 0 spiro atoms. The fourth-order valence-corrected chi connectivity index (χ4v) is 3.45. The predicted molar refractivity (Wildman–Crippen MR) is 115 cm³/mol. The summed E-state index contributed by atoms with van der Waals surface area (Å²) in [6, 6.07) is 11.0. The highest BCUT2D eigenvalue weighted by Crippen LogP contribution is 2.21. The zero-order valence-corrected chi connectivity index (χ0v) is 17.9. The maximum absolute atomic E-state index is 5.67. The number of rotatable bonds is 6. The van der Waals surface area contributed by atoms with Gasteiger partial charge in [0.1, 0.15) is 0 Å². The van der Waals surface area contributed by atoms with Crippen molar-refractivity contribution in [3.05, 3.63) is 35.9 Å². The molecular weight excluding hydrogens is 443 g/mol. The standard InChI is InChI=1S/C19H30N4O2.HI/c1-20-19(21-14-17-8-5-11-25-17)22-15-18(16-6-3-2-4-7-16)23-9-12-24-13-10-23;/h2-4,6-7,17-18H,5,8-15H2,1H3,(H2,20,21,22);1H. The first-order valence-electron chi connectivity index (χ1n) is 9.29. The van der Waals surface area contributed by atoms with Crippen LogP contribution in [0.15, 0.2) is 35.3 Å². The van der Waals surface area contributed by atoms with Crippen LogP contribution < -0.4 is 10.6 Å². The molecule has 2 fully saturated rings. The van der Waals surface area contributed by atoms with Gasteiger partial charge in [-0.3, -0.25) is 9.89 Å². The summed E-state index contributed by atoms with van der Waals surface area (Å²) in [7, 11) is 1.82. The van der Waals surface area contributed by atoms with E-state index in [4.69, 9.17) is 9.47 Å². The summed E-state index contributed by atoms with van der Waals surface area (Å²) >= 11 is 0. The van der Waals surface area contributed by atoms with E-state index in [9.17, 15) is 0 Å². The molecule has 3 rings (SSSR count). The smallest absolute Gasteiger partial charge is 0.191 e. The van der Waals surface area contributed by atoms with Gasteiger partial charge in [0, 0.05) is 39.8 Å². The van der Waals surface area contributed by atoms with Crippen LogP contribution >= 0.6 is 24.0 Å². The molecule has 7 heteroatoms. The molecule has 0 aromatic heterocycles. The Kier molecular flexibility index (Phi) is 9.66. The van der Waals surface area contributed by atoms with Gasteiger partial charge >= 0.3 is 0 Å². The van der Waals surface area contributed by atoms with Crippen molar-refractivity contribution in [1.82, 2.24) is 15.5 Å². The fraction of sp³-hybridized carbons (Fsp3) is 0.632. The third kappa shape index (κ3) is 6.37. The average Bonchev–Trinajstić information content (AvgIpc) is 3.20. The van der Waals surface area contributed by atoms with Gasteiger partial charge in [0.15, 0.2) is 5.96 Å². The second-order valence-corrected chi connectivity index (χ2v) is 6.54. The molecule has 1 aromatic carbocycles. The minimum Gasteiger partial charge on any atom is -0.379 e. The third-order valence-electron chi connectivity index (χ3n) is 4.88. The number of hydrogen-bond donors (Lipinski definition) is 2. The van der Waals surface area contributed by atoms with Crippen LogP contribution in [0.2, 0.25) is 0 Å². The van der Waals surface area contributed by atoms with Gasteiger partial charge in [-0.05, 0) is 18.4 Å². The lowest BCUT2D eigenvalue weighted by Crippen LogP contribution is -2.47. The Labute approximate surface area is 173 Å². The van der Waals surface area contributed by atoms with E-state index in [2.05, 4.69) is 50.9 Å². The summed E-state index contributed by atoms with van der Waals surface area (Å²) in [5, 5.41) is 6.88. The zero-order chi connectivity index (χ0) is 17.3. The molecule has 0 bridgehead atoms. The number of guanidine groups is 1. The van der Waals surface area contributed by atoms with E-state index in [1.54, 1.807) is 0 Å². The number of ether oxygens (including phenoxy) is 2. The van der Waals surface area contributed by atoms with Crippen molar-refractivity contribution < 1.29 is 9.47 Å². The van der Waals surface area contributed by atoms with E-state index in [-0.39, 0.29) is 24.0 Å². The molecule has 2 N–H and O–H groups in total. The molecule has 2 aliphatic rings. The van der Waals surface area contributed by atoms with E-state index >= 15 is 0 Å². The predicted octanol–water partition coefficient (Wildman–Crippen LogP) is 2.02. The minimum absolute atomic E-state index is 0. The van der Waals surface area contributed by atoms with Crippen molar-refractivity contribution >= 4 is 29.9 Å². The maximum Gasteiger partial charge on any atom is 0.191 e. The number of aliphatic imine (C=N–C) groups is 1. The van der Waals surface area contributed by atoms with Crippen molar-refractivity contribution in [3.8, 4) is 0 Å². The van der Waals surface area contributed by atoms with Crippen molar-refractivity contribution in [2.75, 3.05) is 53.0 Å². The molecule has 2 unspecified atom stereocenters. The summed E-state index contributed by atoms with van der Waals surface area (Å²) in [4.78, 5) is 6.84. The number of benzene rings is 1. The van der Waals surface area contributed by atoms with Crippen LogP contribution in [0.25, 0.3) is 0 Å². The lowest BCUT2D eigenvalue weighted by molar-refractivity contribution is 0.0170. The molecule has 2 atom stereocenters. The summed E-state index contributed by atoms with van der Waals surface area (Å²) < 4.78 is 11.2. The van der Waals surface area contributed by atoms with Gasteiger partial charge in [0.05, 0.1) is 25.4 Å². The van der Waals surface area contributed by atoms with Gasteiger partial charge in [-0.15, -0.1) is 24.0 Å². The number of nitrogens with zero attached hydrogens (tertiary/aromatic N) is 2. The summed E-state index contributed by atoms with van der Waals surface area (Å²) in [6.45, 7) is 6.03. The molecule has 0 saturated carbocycles. The topological polar surface area (TPSA) is 58.1 Å². The van der Waals surface area contributed by atoms with E-state index in [1.165, 1.54) is 5.56 Å². The highest BCUT2D eigenvalue weighted by atomic mass is 127. The Morgan fingerprint density at radius 3 is 2.62 bits per heavy atom. The first kappa shape index (κ1) is 21.4. The van der Waals surface area contributed by atoms with Crippen LogP contribution in [0.3, 0.4) is 0 Å². The third-order valence-corrected chi connectivity index (χ3v) is 4.88. The molecule has 2 saturated heterocycles. The van der Waals surface area contributed by atoms with Gasteiger partial charge in [-0.2, -0.15) is 0 Å². The van der Waals surface area contributed by atoms with Gasteiger partial charge in [-0.25, -0.2) is 0 Å². The summed E-state index contributed by atoms with van der Waals surface area (Å²) in [5.41, 5.74) is 1.33. The van der Waals surface area contributed by atoms with Crippen LogP contribution in [-0.2, 0) is 9.47 Å². The van der Waals surface area contributed by atoms with E-state index in [1.807, 2.05) is 7.05 Å². The van der Waals surface area contributed by atoms with E-state index < -0.39 is 0 Å². The lowest BCUT2D eigenvalue weighted by atomic mass is 10.0. The Morgan fingerprint density at radius 2 is 1.96 bits per heavy atom. The van der Waals surface area contributed by atoms with Crippen LogP contribution in [0.5, 0.6) is 0 Å². The minimum atomic E-state index is 0. The molecule has 0 radical (unpaired) electrons. The van der Waals surface area contributed by atoms with Crippen LogP contribution in [0, 0.1) is 0 Å². The molecule has 2 aliphatic heterocycles. The van der Waals surface area contributed by atoms with Crippen LogP contribution in [0.4, 0.5) is 0 Å². The molecule has 6 nitrogen and oxygen atoms in total. The molecule has 0 aliphatic carbocycles. The first-order chi connectivity index (χ1) is 12.4. The largest absolute Gasteiger partial charge is 0.379 e. The van der Waals surface area contributed by atoms with Crippen molar-refractivity contribution in [2.24, 2.45) is 4.99 Å². The number of hydrogen-bond acceptors (Lipinski definition) is 4. The number of morpholine rings is 1. The Morgan fingerprint density at radius 1 is 1.19 bits per heavy atom. The Balaban J connectivity index is 0.00000243. The molecule has 2 heterocycles. The SMILES string of the molecule is CN=C(NCC1CCCO1)NCC(c1ccccc1)N1CCOCC1.I. The van der Waals surface area contributed by atoms with Gasteiger partial charge in [-0.1, -0.05) is 30.3 Å². The molecular formula is C19H31IN4O2. The Bertz CT molecular complexity index is 532. The second-order valence-electron chi connectivity index (χ2n) is 6.54. The molecule has 0 amide bonds. The fourth-order valence-electron chi connectivity index (χ4n) is 3.45. The molecule has 26 heavy (non-hydrogen) atoms. The quantitative estimate of drug-likeness (QED) is 0.376. The van der Waals surface area contributed by atoms with E-state index in [0.717, 1.165) is 64.8 Å². The highest BCUT2D eigenvalue weighted by Gasteiger charge is 2.23. The molecule has 146 valence electrons. The monoisotopic (exact) mass is 474 g/mol. The first-order valence-corrected chi connectivity index (χ1v) is 9.29. The van der Waals surface area contributed by atoms with E-state index in [0.29, 0.717) is 12.1 Å². The maximum atomic E-state index is 5.67. The van der Waals surface area contributed by atoms with Crippen molar-refractivity contribution in [1.29, 1.82) is 0 Å². The normalized spacial score (nSPS) is 22.5. The van der Waals surface area contributed by atoms with Crippen molar-refractivity contribution in [3.63, 3.8) is 0 Å². The van der Waals surface area contributed by atoms with Crippen LogP contribution in [0.1, 0.15) is 24.4 Å². The van der Waals surface area contributed by atoms with Gasteiger partial charge < -0.3 is 20.1 Å². The lowest BCUT2D eigenvalue weighted by Gasteiger charge is -2.35. The second kappa shape index (κ2) is 11.7. The highest BCUT2D eigenvalue weighted by molar-refractivity contribution is 14.0. The number of halogens is 1. The molecule has 1 aromatic rings. The van der Waals surface area contributed by atoms with Crippen LogP contribution in [-0.4, -0.2) is 70.0 Å². The van der Waals surface area contributed by atoms with Gasteiger partial charge in [0.2, 0.25) is 0 Å². The summed E-state index contributed by atoms with van der Waals surface area (Å²) in [5.74, 6) is 0.838. The summed E-state index contributed by atoms with van der Waals surface area (Å²) in [6.07, 6.45) is 2.60. The van der Waals surface area contributed by atoms with Crippen molar-refractivity contribution in [2.45, 2.75) is 25.0 Å².